The molecule has 0 saturated carbocycles. The zero-order chi connectivity index (χ0) is 17.9. The Labute approximate surface area is 152 Å². The van der Waals surface area contributed by atoms with Crippen LogP contribution >= 0.6 is 11.6 Å². The summed E-state index contributed by atoms with van der Waals surface area (Å²) in [5.74, 6) is 0. The number of sulfonamides is 1. The predicted octanol–water partition coefficient (Wildman–Crippen LogP) is 4.16. The van der Waals surface area contributed by atoms with Crippen molar-refractivity contribution in [3.8, 4) is 0 Å². The third-order valence-electron chi connectivity index (χ3n) is 4.03. The fourth-order valence-electron chi connectivity index (χ4n) is 2.75. The lowest BCUT2D eigenvalue weighted by Gasteiger charge is -2.18. The molecule has 0 aliphatic rings. The van der Waals surface area contributed by atoms with Crippen LogP contribution < -0.4 is 4.72 Å². The maximum absolute atomic E-state index is 12.8. The monoisotopic (exact) mass is 375 g/mol. The molecule has 0 aromatic heterocycles. The van der Waals surface area contributed by atoms with E-state index in [2.05, 4.69) is 4.72 Å². The molecular formula is C19H18ClNO3S. The quantitative estimate of drug-likeness (QED) is 0.703. The number of halogens is 1. The zero-order valence-electron chi connectivity index (χ0n) is 13.6. The van der Waals surface area contributed by atoms with E-state index in [1.807, 2.05) is 42.5 Å². The maximum Gasteiger partial charge on any atom is 0.241 e. The average Bonchev–Trinajstić information content (AvgIpc) is 2.63. The molecule has 1 atom stereocenters. The Bertz CT molecular complexity index is 983. The Morgan fingerprint density at radius 3 is 2.44 bits per heavy atom. The van der Waals surface area contributed by atoms with E-state index in [9.17, 15) is 8.42 Å². The van der Waals surface area contributed by atoms with Gasteiger partial charge in [0.1, 0.15) is 0 Å². The van der Waals surface area contributed by atoms with Crippen LogP contribution in [0.1, 0.15) is 11.7 Å². The number of hydrogen-bond donors (Lipinski definition) is 1. The lowest BCUT2D eigenvalue weighted by molar-refractivity contribution is 0.107. The van der Waals surface area contributed by atoms with E-state index in [-0.39, 0.29) is 11.4 Å². The number of ether oxygens (including phenoxy) is 1. The van der Waals surface area contributed by atoms with Gasteiger partial charge in [0.15, 0.2) is 0 Å². The lowest BCUT2D eigenvalue weighted by Crippen LogP contribution is -2.29. The van der Waals surface area contributed by atoms with Gasteiger partial charge in [-0.15, -0.1) is 0 Å². The fraction of sp³-hybridized carbons (Fsp3) is 0.158. The van der Waals surface area contributed by atoms with Crippen LogP contribution in [0.2, 0.25) is 5.02 Å². The van der Waals surface area contributed by atoms with Crippen LogP contribution in [-0.2, 0) is 14.8 Å². The Balaban J connectivity index is 1.87. The van der Waals surface area contributed by atoms with Gasteiger partial charge in [-0.05, 0) is 17.5 Å². The molecule has 0 fully saturated rings. The molecule has 0 spiro atoms. The fourth-order valence-corrected chi connectivity index (χ4v) is 4.27. The summed E-state index contributed by atoms with van der Waals surface area (Å²) in [6, 6.07) is 19.8. The smallest absolute Gasteiger partial charge is 0.241 e. The number of rotatable bonds is 6. The molecule has 3 aromatic rings. The molecule has 1 N–H and O–H groups in total. The minimum atomic E-state index is -3.69. The Kier molecular flexibility index (Phi) is 5.39. The first-order chi connectivity index (χ1) is 12.0. The van der Waals surface area contributed by atoms with Gasteiger partial charge in [0.05, 0.1) is 11.0 Å². The molecule has 0 aliphatic carbocycles. The highest BCUT2D eigenvalue weighted by Gasteiger charge is 2.21. The molecule has 4 nitrogen and oxygen atoms in total. The van der Waals surface area contributed by atoms with Gasteiger partial charge in [0, 0.05) is 29.6 Å². The van der Waals surface area contributed by atoms with Gasteiger partial charge in [0.2, 0.25) is 10.0 Å². The van der Waals surface area contributed by atoms with Crippen molar-refractivity contribution < 1.29 is 13.2 Å². The zero-order valence-corrected chi connectivity index (χ0v) is 15.2. The van der Waals surface area contributed by atoms with Crippen LogP contribution in [0.4, 0.5) is 0 Å². The minimum Gasteiger partial charge on any atom is -0.375 e. The van der Waals surface area contributed by atoms with Gasteiger partial charge < -0.3 is 4.74 Å². The van der Waals surface area contributed by atoms with Crippen molar-refractivity contribution in [2.75, 3.05) is 13.7 Å². The van der Waals surface area contributed by atoms with E-state index in [0.717, 1.165) is 10.9 Å². The molecule has 0 amide bonds. The highest BCUT2D eigenvalue weighted by molar-refractivity contribution is 7.89. The molecule has 0 heterocycles. The third kappa shape index (κ3) is 3.85. The summed E-state index contributed by atoms with van der Waals surface area (Å²) in [5.41, 5.74) is 0.743. The highest BCUT2D eigenvalue weighted by Crippen LogP contribution is 2.26. The summed E-state index contributed by atoms with van der Waals surface area (Å²) < 4.78 is 33.6. The summed E-state index contributed by atoms with van der Waals surface area (Å²) >= 11 is 6.19. The van der Waals surface area contributed by atoms with Crippen LogP contribution in [-0.4, -0.2) is 22.1 Å². The highest BCUT2D eigenvalue weighted by atomic mass is 35.5. The summed E-state index contributed by atoms with van der Waals surface area (Å²) in [4.78, 5) is 0.250. The largest absolute Gasteiger partial charge is 0.375 e. The molecular weight excluding hydrogens is 358 g/mol. The summed E-state index contributed by atoms with van der Waals surface area (Å²) in [7, 11) is -2.16. The Morgan fingerprint density at radius 2 is 1.68 bits per heavy atom. The van der Waals surface area contributed by atoms with Gasteiger partial charge in [0.25, 0.3) is 0 Å². The molecule has 3 aromatic carbocycles. The molecule has 3 rings (SSSR count). The standard InChI is InChI=1S/C19H18ClNO3S/c1-24-18(16-10-4-5-11-17(16)20)13-21-25(22,23)19-12-6-8-14-7-2-3-9-15(14)19/h2-12,18,21H,13H2,1H3. The van der Waals surface area contributed by atoms with Crippen LogP contribution in [0, 0.1) is 0 Å². The molecule has 0 radical (unpaired) electrons. The summed E-state index contributed by atoms with van der Waals surface area (Å²) in [6.45, 7) is 0.0891. The Hall–Kier alpha value is -1.92. The maximum atomic E-state index is 12.8. The van der Waals surface area contributed by atoms with Crippen LogP contribution in [0.3, 0.4) is 0 Å². The first kappa shape index (κ1) is 17.9. The van der Waals surface area contributed by atoms with Gasteiger partial charge in [-0.1, -0.05) is 66.2 Å². The minimum absolute atomic E-state index is 0.0891. The van der Waals surface area contributed by atoms with Gasteiger partial charge in [-0.25, -0.2) is 13.1 Å². The van der Waals surface area contributed by atoms with Crippen molar-refractivity contribution in [1.82, 2.24) is 4.72 Å². The number of benzene rings is 3. The van der Waals surface area contributed by atoms with Crippen molar-refractivity contribution in [1.29, 1.82) is 0 Å². The van der Waals surface area contributed by atoms with Crippen LogP contribution in [0.5, 0.6) is 0 Å². The van der Waals surface area contributed by atoms with Gasteiger partial charge in [-0.3, -0.25) is 0 Å². The molecule has 6 heteroatoms. The topological polar surface area (TPSA) is 55.4 Å². The number of methoxy groups -OCH3 is 1. The second-order valence-corrected chi connectivity index (χ2v) is 7.72. The number of fused-ring (bicyclic) bond motifs is 1. The second kappa shape index (κ2) is 7.54. The summed E-state index contributed by atoms with van der Waals surface area (Å²) in [5, 5.41) is 2.10. The van der Waals surface area contributed by atoms with Crippen LogP contribution in [0.25, 0.3) is 10.8 Å². The number of nitrogens with one attached hydrogen (secondary N) is 1. The molecule has 0 bridgehead atoms. The van der Waals surface area contributed by atoms with Crippen LogP contribution in [0.15, 0.2) is 71.6 Å². The first-order valence-electron chi connectivity index (χ1n) is 7.77. The van der Waals surface area contributed by atoms with E-state index in [1.165, 1.54) is 7.11 Å². The van der Waals surface area contributed by atoms with Gasteiger partial charge >= 0.3 is 0 Å². The second-order valence-electron chi connectivity index (χ2n) is 5.58. The summed E-state index contributed by atoms with van der Waals surface area (Å²) in [6.07, 6.45) is -0.474. The van der Waals surface area contributed by atoms with Crippen molar-refractivity contribution >= 4 is 32.4 Å². The van der Waals surface area contributed by atoms with E-state index in [4.69, 9.17) is 16.3 Å². The van der Waals surface area contributed by atoms with E-state index < -0.39 is 16.1 Å². The normalized spacial score (nSPS) is 13.0. The average molecular weight is 376 g/mol. The van der Waals surface area contributed by atoms with E-state index in [1.54, 1.807) is 24.3 Å². The number of hydrogen-bond acceptors (Lipinski definition) is 3. The molecule has 0 saturated heterocycles. The molecule has 1 unspecified atom stereocenters. The van der Waals surface area contributed by atoms with Crippen molar-refractivity contribution in [3.05, 3.63) is 77.3 Å². The predicted molar refractivity (Wildman–Crippen MR) is 100 cm³/mol. The molecule has 0 aliphatic heterocycles. The molecule has 25 heavy (non-hydrogen) atoms. The van der Waals surface area contributed by atoms with Crippen molar-refractivity contribution in [3.63, 3.8) is 0 Å². The first-order valence-corrected chi connectivity index (χ1v) is 9.63. The van der Waals surface area contributed by atoms with Gasteiger partial charge in [-0.2, -0.15) is 0 Å². The third-order valence-corrected chi connectivity index (χ3v) is 5.86. The SMILES string of the molecule is COC(CNS(=O)(=O)c1cccc2ccccc12)c1ccccc1Cl. The Morgan fingerprint density at radius 1 is 1.00 bits per heavy atom. The van der Waals surface area contributed by atoms with E-state index >= 15 is 0 Å². The molecule has 130 valence electrons. The lowest BCUT2D eigenvalue weighted by atomic mass is 10.1. The van der Waals surface area contributed by atoms with E-state index in [0.29, 0.717) is 10.4 Å². The van der Waals surface area contributed by atoms with Crippen molar-refractivity contribution in [2.45, 2.75) is 11.0 Å². The van der Waals surface area contributed by atoms with Crippen molar-refractivity contribution in [2.24, 2.45) is 0 Å².